The van der Waals surface area contributed by atoms with Crippen LogP contribution in [0.1, 0.15) is 6.92 Å². The van der Waals surface area contributed by atoms with Gasteiger partial charge in [0, 0.05) is 19.6 Å². The highest BCUT2D eigenvalue weighted by Crippen LogP contribution is 1.83. The third kappa shape index (κ3) is 24.5. The third-order valence-corrected chi connectivity index (χ3v) is 3.29. The normalized spacial score (nSPS) is 10.8. The Morgan fingerprint density at radius 3 is 1.39 bits per heavy atom. The van der Waals surface area contributed by atoms with Gasteiger partial charge < -0.3 is 44.8 Å². The molecule has 0 aliphatic rings. The van der Waals surface area contributed by atoms with Gasteiger partial charge in [0.05, 0.1) is 59.5 Å². The van der Waals surface area contributed by atoms with Gasteiger partial charge in [0.1, 0.15) is 19.8 Å². The van der Waals surface area contributed by atoms with E-state index in [1.165, 1.54) is 6.92 Å². The van der Waals surface area contributed by atoms with E-state index in [0.717, 1.165) is 0 Å². The van der Waals surface area contributed by atoms with Gasteiger partial charge in [-0.2, -0.15) is 0 Å². The molecule has 31 heavy (non-hydrogen) atoms. The lowest BCUT2D eigenvalue weighted by atomic mass is 10.5. The average Bonchev–Trinajstić information content (AvgIpc) is 2.74. The van der Waals surface area contributed by atoms with Crippen molar-refractivity contribution in [3.63, 3.8) is 0 Å². The zero-order valence-corrected chi connectivity index (χ0v) is 18.4. The van der Waals surface area contributed by atoms with Crippen LogP contribution >= 0.6 is 0 Å². The predicted molar refractivity (Wildman–Crippen MR) is 111 cm³/mol. The van der Waals surface area contributed by atoms with Crippen molar-refractivity contribution in [1.82, 2.24) is 10.6 Å². The van der Waals surface area contributed by atoms with Crippen LogP contribution in [0, 0.1) is 0 Å². The Kier molecular flexibility index (Phi) is 21.8. The van der Waals surface area contributed by atoms with Crippen LogP contribution in [-0.4, -0.2) is 117 Å². The molecule has 0 saturated carbocycles. The van der Waals surface area contributed by atoms with Crippen molar-refractivity contribution < 1.29 is 42.8 Å². The lowest BCUT2D eigenvalue weighted by Gasteiger charge is -2.09. The molecule has 0 spiro atoms. The molecule has 0 aliphatic carbocycles. The number of carbonyl (C=O) groups excluding carboxylic acids is 3. The minimum absolute atomic E-state index is 0.0355. The minimum Gasteiger partial charge on any atom is -0.378 e. The van der Waals surface area contributed by atoms with Gasteiger partial charge >= 0.3 is 0 Å². The highest BCUT2D eigenvalue weighted by molar-refractivity contribution is 5.77. The number of ketones is 1. The average molecular weight is 452 g/mol. The van der Waals surface area contributed by atoms with Crippen molar-refractivity contribution in [2.45, 2.75) is 6.92 Å². The first-order valence-electron chi connectivity index (χ1n) is 10.3. The molecule has 0 aliphatic heterocycles. The summed E-state index contributed by atoms with van der Waals surface area (Å²) >= 11 is 0. The molecule has 0 fully saturated rings. The molecule has 12 nitrogen and oxygen atoms in total. The van der Waals surface area contributed by atoms with Crippen LogP contribution in [0.5, 0.6) is 0 Å². The fourth-order valence-corrected chi connectivity index (χ4v) is 1.92. The zero-order valence-electron chi connectivity index (χ0n) is 18.4. The number of hydrogen-bond acceptors (Lipinski definition) is 10. The van der Waals surface area contributed by atoms with E-state index in [0.29, 0.717) is 72.5 Å². The Hall–Kier alpha value is -1.67. The number of Topliss-reactive ketones (excluding diaryl/α,β-unsaturated/α-hetero) is 1. The van der Waals surface area contributed by atoms with E-state index in [4.69, 9.17) is 34.2 Å². The zero-order chi connectivity index (χ0) is 23.0. The second-order valence-electron chi connectivity index (χ2n) is 6.19. The largest absolute Gasteiger partial charge is 0.378 e. The summed E-state index contributed by atoms with van der Waals surface area (Å²) in [6.07, 6.45) is 0. The fraction of sp³-hybridized carbons (Fsp3) is 0.842. The number of rotatable bonds is 23. The minimum atomic E-state index is -0.253. The van der Waals surface area contributed by atoms with Crippen LogP contribution < -0.4 is 16.4 Å². The number of carbonyl (C=O) groups is 3. The van der Waals surface area contributed by atoms with Crippen LogP contribution in [-0.2, 0) is 42.8 Å². The maximum atomic E-state index is 11.6. The Bertz CT molecular complexity index is 467. The van der Waals surface area contributed by atoms with Crippen LogP contribution in [0.2, 0.25) is 0 Å². The number of hydrogen-bond donors (Lipinski definition) is 3. The van der Waals surface area contributed by atoms with Crippen molar-refractivity contribution in [2.75, 3.05) is 98.9 Å². The van der Waals surface area contributed by atoms with Crippen LogP contribution in [0.3, 0.4) is 0 Å². The van der Waals surface area contributed by atoms with Gasteiger partial charge in [-0.3, -0.25) is 14.4 Å². The second kappa shape index (κ2) is 23.0. The van der Waals surface area contributed by atoms with Crippen LogP contribution in [0.15, 0.2) is 0 Å². The topological polar surface area (TPSA) is 157 Å². The van der Waals surface area contributed by atoms with Gasteiger partial charge in [-0.25, -0.2) is 0 Å². The van der Waals surface area contributed by atoms with E-state index in [-0.39, 0.29) is 44.0 Å². The number of nitrogens with two attached hydrogens (primary N) is 1. The molecule has 0 unspecified atom stereocenters. The molecular formula is C19H37N3O9. The first-order chi connectivity index (χ1) is 15.1. The molecule has 0 atom stereocenters. The lowest BCUT2D eigenvalue weighted by Crippen LogP contribution is -2.32. The van der Waals surface area contributed by atoms with E-state index in [2.05, 4.69) is 10.6 Å². The smallest absolute Gasteiger partial charge is 0.246 e. The monoisotopic (exact) mass is 451 g/mol. The Labute approximate surface area is 183 Å². The van der Waals surface area contributed by atoms with Crippen molar-refractivity contribution >= 4 is 17.6 Å². The van der Waals surface area contributed by atoms with Crippen molar-refractivity contribution in [3.8, 4) is 0 Å². The first-order valence-corrected chi connectivity index (χ1v) is 10.3. The summed E-state index contributed by atoms with van der Waals surface area (Å²) in [5.74, 6) is -0.522. The molecule has 0 aromatic heterocycles. The van der Waals surface area contributed by atoms with E-state index in [1.54, 1.807) is 0 Å². The SMILES string of the molecule is CC(=O)COCCOCCNC(=O)COCCOCCNC(=O)COCCOCCN. The fourth-order valence-electron chi connectivity index (χ4n) is 1.92. The molecule has 0 radical (unpaired) electrons. The van der Waals surface area contributed by atoms with Gasteiger partial charge in [0.15, 0.2) is 5.78 Å². The number of amides is 2. The third-order valence-electron chi connectivity index (χ3n) is 3.29. The van der Waals surface area contributed by atoms with E-state index >= 15 is 0 Å². The second-order valence-corrected chi connectivity index (χ2v) is 6.19. The van der Waals surface area contributed by atoms with Crippen LogP contribution in [0.4, 0.5) is 0 Å². The summed E-state index contributed by atoms with van der Waals surface area (Å²) in [6, 6.07) is 0. The van der Waals surface area contributed by atoms with Crippen molar-refractivity contribution in [3.05, 3.63) is 0 Å². The molecule has 0 rings (SSSR count). The standard InChI is InChI=1S/C19H37N3O9/c1-17(23)14-29-11-9-27-6-3-21-19(25)16-31-13-10-28-7-4-22-18(24)15-30-12-8-26-5-2-20/h2-16,20H2,1H3,(H,21,25)(H,22,24). The van der Waals surface area contributed by atoms with E-state index in [1.807, 2.05) is 0 Å². The highest BCUT2D eigenvalue weighted by Gasteiger charge is 2.02. The van der Waals surface area contributed by atoms with Gasteiger partial charge in [-0.05, 0) is 6.92 Å². The van der Waals surface area contributed by atoms with E-state index < -0.39 is 0 Å². The molecule has 0 aromatic carbocycles. The summed E-state index contributed by atoms with van der Waals surface area (Å²) in [5.41, 5.74) is 5.27. The maximum Gasteiger partial charge on any atom is 0.246 e. The molecule has 0 saturated heterocycles. The highest BCUT2D eigenvalue weighted by atomic mass is 16.5. The Morgan fingerprint density at radius 1 is 0.581 bits per heavy atom. The van der Waals surface area contributed by atoms with Crippen molar-refractivity contribution in [2.24, 2.45) is 5.73 Å². The number of nitrogens with one attached hydrogen (secondary N) is 2. The maximum absolute atomic E-state index is 11.6. The molecule has 0 heterocycles. The summed E-state index contributed by atoms with van der Waals surface area (Å²) in [4.78, 5) is 33.7. The van der Waals surface area contributed by atoms with Crippen LogP contribution in [0.25, 0.3) is 0 Å². The quantitative estimate of drug-likeness (QED) is 0.147. The summed E-state index contributed by atoms with van der Waals surface area (Å²) < 4.78 is 31.0. The molecule has 12 heteroatoms. The Morgan fingerprint density at radius 2 is 0.968 bits per heavy atom. The summed E-state index contributed by atoms with van der Waals surface area (Å²) in [5, 5.41) is 5.30. The molecule has 4 N–H and O–H groups in total. The van der Waals surface area contributed by atoms with E-state index in [9.17, 15) is 14.4 Å². The Balaban J connectivity index is 3.27. The molecule has 0 bridgehead atoms. The van der Waals surface area contributed by atoms with Gasteiger partial charge in [-0.1, -0.05) is 0 Å². The predicted octanol–water partition coefficient (Wildman–Crippen LogP) is -2.13. The summed E-state index contributed by atoms with van der Waals surface area (Å²) in [6.45, 7) is 5.71. The van der Waals surface area contributed by atoms with Gasteiger partial charge in [-0.15, -0.1) is 0 Å². The first kappa shape index (κ1) is 29.3. The van der Waals surface area contributed by atoms with Gasteiger partial charge in [0.25, 0.3) is 0 Å². The molecule has 0 aromatic rings. The molecule has 2 amide bonds. The van der Waals surface area contributed by atoms with Crippen molar-refractivity contribution in [1.29, 1.82) is 0 Å². The number of ether oxygens (including phenoxy) is 6. The summed E-state index contributed by atoms with van der Waals surface area (Å²) in [7, 11) is 0. The molecule has 182 valence electrons. The van der Waals surface area contributed by atoms with Gasteiger partial charge in [0.2, 0.25) is 11.8 Å². The molecular weight excluding hydrogens is 414 g/mol. The lowest BCUT2D eigenvalue weighted by molar-refractivity contribution is -0.127.